The summed E-state index contributed by atoms with van der Waals surface area (Å²) < 4.78 is 16.3. The second kappa shape index (κ2) is 11.7. The van der Waals surface area contributed by atoms with Crippen LogP contribution in [0.1, 0.15) is 5.56 Å². The van der Waals surface area contributed by atoms with Crippen molar-refractivity contribution in [3.05, 3.63) is 52.0 Å². The minimum absolute atomic E-state index is 0.522. The molecule has 1 saturated heterocycles. The summed E-state index contributed by atoms with van der Waals surface area (Å²) in [5, 5.41) is 4.96. The first-order valence-electron chi connectivity index (χ1n) is 10.0. The molecule has 2 aromatic carbocycles. The van der Waals surface area contributed by atoms with Gasteiger partial charge in [0.2, 0.25) is 0 Å². The molecule has 0 bridgehead atoms. The molecule has 1 heterocycles. The Labute approximate surface area is 199 Å². The first-order valence-corrected chi connectivity index (χ1v) is 11.2. The highest BCUT2D eigenvalue weighted by Crippen LogP contribution is 2.29. The summed E-state index contributed by atoms with van der Waals surface area (Å²) in [6.07, 6.45) is 0. The van der Waals surface area contributed by atoms with Crippen LogP contribution in [0.5, 0.6) is 11.5 Å². The average molecular weight is 484 g/mol. The number of rotatable bonds is 8. The predicted octanol–water partition coefficient (Wildman–Crippen LogP) is 4.54. The second-order valence-corrected chi connectivity index (χ2v) is 8.35. The highest BCUT2D eigenvalue weighted by atomic mass is 35.5. The van der Waals surface area contributed by atoms with Crippen molar-refractivity contribution >= 4 is 46.2 Å². The summed E-state index contributed by atoms with van der Waals surface area (Å²) in [4.78, 5) is 4.50. The number of thiocarbonyl (C=S) groups is 1. The van der Waals surface area contributed by atoms with Gasteiger partial charge in [0.1, 0.15) is 0 Å². The van der Waals surface area contributed by atoms with Gasteiger partial charge in [-0.1, -0.05) is 29.3 Å². The molecule has 1 fully saturated rings. The minimum atomic E-state index is 0.522. The zero-order valence-electron chi connectivity index (χ0n) is 17.7. The fourth-order valence-corrected chi connectivity index (χ4v) is 4.05. The van der Waals surface area contributed by atoms with E-state index in [0.717, 1.165) is 50.6 Å². The molecule has 0 amide bonds. The van der Waals surface area contributed by atoms with E-state index in [-0.39, 0.29) is 0 Å². The lowest BCUT2D eigenvalue weighted by Crippen LogP contribution is -2.44. The highest BCUT2D eigenvalue weighted by molar-refractivity contribution is 7.80. The van der Waals surface area contributed by atoms with Gasteiger partial charge in [0.25, 0.3) is 0 Å². The van der Waals surface area contributed by atoms with Gasteiger partial charge in [0, 0.05) is 37.7 Å². The van der Waals surface area contributed by atoms with Crippen LogP contribution >= 0.6 is 35.4 Å². The fourth-order valence-electron chi connectivity index (χ4n) is 3.32. The maximum absolute atomic E-state index is 6.33. The number of morpholine rings is 1. The summed E-state index contributed by atoms with van der Waals surface area (Å²) in [6.45, 7) is 5.62. The lowest BCUT2D eigenvalue weighted by molar-refractivity contribution is 0.0358. The van der Waals surface area contributed by atoms with Crippen molar-refractivity contribution in [2.24, 2.45) is 0 Å². The van der Waals surface area contributed by atoms with Crippen LogP contribution in [0.2, 0.25) is 10.0 Å². The summed E-state index contributed by atoms with van der Waals surface area (Å²) in [6, 6.07) is 11.2. The molecule has 168 valence electrons. The van der Waals surface area contributed by atoms with E-state index >= 15 is 0 Å². The molecule has 0 spiro atoms. The Hall–Kier alpha value is -1.77. The normalized spacial score (nSPS) is 14.2. The largest absolute Gasteiger partial charge is 0.493 e. The Morgan fingerprint density at radius 2 is 1.84 bits per heavy atom. The van der Waals surface area contributed by atoms with E-state index in [4.69, 9.17) is 49.6 Å². The maximum Gasteiger partial charge on any atom is 0.173 e. The zero-order chi connectivity index (χ0) is 22.2. The van der Waals surface area contributed by atoms with Crippen LogP contribution < -0.4 is 14.8 Å². The van der Waals surface area contributed by atoms with Crippen LogP contribution in [-0.4, -0.2) is 68.5 Å². The van der Waals surface area contributed by atoms with Gasteiger partial charge in [-0.3, -0.25) is 4.90 Å². The van der Waals surface area contributed by atoms with Gasteiger partial charge < -0.3 is 24.4 Å². The van der Waals surface area contributed by atoms with Crippen molar-refractivity contribution in [1.82, 2.24) is 9.80 Å². The van der Waals surface area contributed by atoms with Crippen LogP contribution in [-0.2, 0) is 11.3 Å². The van der Waals surface area contributed by atoms with Gasteiger partial charge in [-0.25, -0.2) is 0 Å². The molecule has 0 atom stereocenters. The monoisotopic (exact) mass is 483 g/mol. The molecule has 1 aliphatic rings. The summed E-state index contributed by atoms with van der Waals surface area (Å²) in [5.41, 5.74) is 1.78. The van der Waals surface area contributed by atoms with Gasteiger partial charge >= 0.3 is 0 Å². The molecule has 0 aliphatic carbocycles. The van der Waals surface area contributed by atoms with E-state index in [1.807, 2.05) is 24.3 Å². The summed E-state index contributed by atoms with van der Waals surface area (Å²) in [5.74, 6) is 1.38. The van der Waals surface area contributed by atoms with Crippen molar-refractivity contribution in [2.75, 3.05) is 58.9 Å². The Bertz CT molecular complexity index is 894. The molecule has 0 unspecified atom stereocenters. The molecule has 6 nitrogen and oxygen atoms in total. The van der Waals surface area contributed by atoms with Crippen LogP contribution in [0.3, 0.4) is 0 Å². The number of methoxy groups -OCH3 is 2. The summed E-state index contributed by atoms with van der Waals surface area (Å²) >= 11 is 18.1. The molecule has 3 rings (SSSR count). The Kier molecular flexibility index (Phi) is 9.04. The molecule has 2 aromatic rings. The lowest BCUT2D eigenvalue weighted by Gasteiger charge is -2.31. The second-order valence-electron chi connectivity index (χ2n) is 7.12. The molecule has 0 saturated carbocycles. The van der Waals surface area contributed by atoms with E-state index in [1.54, 1.807) is 26.4 Å². The molecular formula is C22H27Cl2N3O3S. The number of benzene rings is 2. The number of ether oxygens (including phenoxy) is 3. The van der Waals surface area contributed by atoms with Gasteiger partial charge in [-0.15, -0.1) is 0 Å². The van der Waals surface area contributed by atoms with E-state index in [0.29, 0.717) is 33.2 Å². The Morgan fingerprint density at radius 1 is 1.10 bits per heavy atom. The molecule has 31 heavy (non-hydrogen) atoms. The smallest absolute Gasteiger partial charge is 0.173 e. The van der Waals surface area contributed by atoms with E-state index in [1.165, 1.54) is 0 Å². The molecule has 0 radical (unpaired) electrons. The SMILES string of the molecule is COc1ccc(CN(CCN2CCOCC2)C(=S)Nc2ccc(Cl)cc2Cl)cc1OC. The third-order valence-corrected chi connectivity index (χ3v) is 5.98. The highest BCUT2D eigenvalue weighted by Gasteiger charge is 2.17. The third kappa shape index (κ3) is 6.85. The number of nitrogens with one attached hydrogen (secondary N) is 1. The molecule has 1 N–H and O–H groups in total. The van der Waals surface area contributed by atoms with Crippen LogP contribution in [0, 0.1) is 0 Å². The Balaban J connectivity index is 1.75. The fraction of sp³-hybridized carbons (Fsp3) is 0.409. The molecule has 0 aromatic heterocycles. The number of halogens is 2. The number of nitrogens with zero attached hydrogens (tertiary/aromatic N) is 2. The van der Waals surface area contributed by atoms with Crippen molar-refractivity contribution in [3.8, 4) is 11.5 Å². The van der Waals surface area contributed by atoms with Crippen molar-refractivity contribution < 1.29 is 14.2 Å². The lowest BCUT2D eigenvalue weighted by atomic mass is 10.2. The first-order chi connectivity index (χ1) is 15.0. The van der Waals surface area contributed by atoms with Gasteiger partial charge in [0.05, 0.1) is 38.1 Å². The number of hydrogen-bond donors (Lipinski definition) is 1. The standard InChI is InChI=1S/C22H27Cl2N3O3S/c1-28-20-6-3-16(13-21(20)29-2)15-27(8-7-26-9-11-30-12-10-26)22(31)25-19-5-4-17(23)14-18(19)24/h3-6,13-14H,7-12,15H2,1-2H3,(H,25,31). The van der Waals surface area contributed by atoms with Crippen LogP contribution in [0.25, 0.3) is 0 Å². The topological polar surface area (TPSA) is 46.2 Å². The molecule has 9 heteroatoms. The molecular weight excluding hydrogens is 457 g/mol. The van der Waals surface area contributed by atoms with Gasteiger partial charge in [-0.2, -0.15) is 0 Å². The van der Waals surface area contributed by atoms with Gasteiger partial charge in [0.15, 0.2) is 16.6 Å². The van der Waals surface area contributed by atoms with Crippen LogP contribution in [0.4, 0.5) is 5.69 Å². The summed E-state index contributed by atoms with van der Waals surface area (Å²) in [7, 11) is 3.26. The van der Waals surface area contributed by atoms with Crippen molar-refractivity contribution in [1.29, 1.82) is 0 Å². The van der Waals surface area contributed by atoms with E-state index in [9.17, 15) is 0 Å². The zero-order valence-corrected chi connectivity index (χ0v) is 20.0. The number of hydrogen-bond acceptors (Lipinski definition) is 5. The Morgan fingerprint density at radius 3 is 2.52 bits per heavy atom. The van der Waals surface area contributed by atoms with Crippen LogP contribution in [0.15, 0.2) is 36.4 Å². The number of anilines is 1. The molecule has 1 aliphatic heterocycles. The quantitative estimate of drug-likeness (QED) is 0.552. The first kappa shape index (κ1) is 23.9. The average Bonchev–Trinajstić information content (AvgIpc) is 2.78. The third-order valence-electron chi connectivity index (χ3n) is 5.07. The van der Waals surface area contributed by atoms with E-state index in [2.05, 4.69) is 15.1 Å². The maximum atomic E-state index is 6.33. The minimum Gasteiger partial charge on any atom is -0.493 e. The van der Waals surface area contributed by atoms with Gasteiger partial charge in [-0.05, 0) is 48.1 Å². The predicted molar refractivity (Wildman–Crippen MR) is 130 cm³/mol. The van der Waals surface area contributed by atoms with E-state index < -0.39 is 0 Å². The van der Waals surface area contributed by atoms with Crippen molar-refractivity contribution in [3.63, 3.8) is 0 Å². The van der Waals surface area contributed by atoms with Crippen molar-refractivity contribution in [2.45, 2.75) is 6.54 Å².